The Morgan fingerprint density at radius 1 is 1.73 bits per heavy atom. The van der Waals surface area contributed by atoms with E-state index >= 15 is 0 Å². The van der Waals surface area contributed by atoms with Crippen molar-refractivity contribution in [2.24, 2.45) is 0 Å². The van der Waals surface area contributed by atoms with E-state index in [2.05, 4.69) is 23.5 Å². The molecule has 0 spiro atoms. The van der Waals surface area contributed by atoms with Gasteiger partial charge in [0.1, 0.15) is 0 Å². The van der Waals surface area contributed by atoms with E-state index in [-0.39, 0.29) is 0 Å². The first-order valence-corrected chi connectivity index (χ1v) is 4.20. The van der Waals surface area contributed by atoms with E-state index in [1.807, 2.05) is 4.68 Å². The van der Waals surface area contributed by atoms with Gasteiger partial charge in [0.25, 0.3) is 0 Å². The third-order valence-corrected chi connectivity index (χ3v) is 2.08. The van der Waals surface area contributed by atoms with Crippen molar-refractivity contribution >= 4 is 5.82 Å². The molecule has 0 bridgehead atoms. The highest BCUT2D eigenvalue weighted by molar-refractivity contribution is 5.44. The number of anilines is 1. The second-order valence-electron chi connectivity index (χ2n) is 2.89. The van der Waals surface area contributed by atoms with Crippen molar-refractivity contribution in [3.8, 4) is 0 Å². The maximum Gasteiger partial charge on any atom is 0.151 e. The Morgan fingerprint density at radius 2 is 2.64 bits per heavy atom. The fourth-order valence-electron chi connectivity index (χ4n) is 1.44. The van der Waals surface area contributed by atoms with E-state index in [9.17, 15) is 0 Å². The van der Waals surface area contributed by atoms with Crippen LogP contribution in [0.1, 0.15) is 18.9 Å². The van der Waals surface area contributed by atoms with Gasteiger partial charge >= 0.3 is 0 Å². The molecular formula is C8H13N3. The Morgan fingerprint density at radius 3 is 3.36 bits per heavy atom. The molecule has 0 atom stereocenters. The van der Waals surface area contributed by atoms with Crippen molar-refractivity contribution in [1.29, 1.82) is 0 Å². The number of aryl methyl sites for hydroxylation is 2. The number of aromatic nitrogens is 2. The Bertz CT molecular complexity index is 228. The summed E-state index contributed by atoms with van der Waals surface area (Å²) in [7, 11) is 0. The molecule has 0 unspecified atom stereocenters. The molecule has 0 amide bonds. The molecule has 1 aliphatic rings. The number of nitrogens with one attached hydrogen (secondary N) is 1. The van der Waals surface area contributed by atoms with Crippen LogP contribution in [0.2, 0.25) is 0 Å². The van der Waals surface area contributed by atoms with E-state index < -0.39 is 0 Å². The first-order chi connectivity index (χ1) is 5.40. The summed E-state index contributed by atoms with van der Waals surface area (Å²) in [5.41, 5.74) is 1.37. The Balaban J connectivity index is 2.32. The van der Waals surface area contributed by atoms with Crippen molar-refractivity contribution < 1.29 is 0 Å². The van der Waals surface area contributed by atoms with Crippen molar-refractivity contribution in [2.45, 2.75) is 26.3 Å². The zero-order valence-corrected chi connectivity index (χ0v) is 6.80. The lowest BCUT2D eigenvalue weighted by Crippen LogP contribution is -2.10. The zero-order chi connectivity index (χ0) is 7.68. The van der Waals surface area contributed by atoms with Crippen LogP contribution in [0.3, 0.4) is 0 Å². The minimum atomic E-state index is 0.967. The molecule has 0 aliphatic carbocycles. The summed E-state index contributed by atoms with van der Waals surface area (Å²) >= 11 is 0. The number of nitrogens with zero attached hydrogens (tertiary/aromatic N) is 2. The Kier molecular flexibility index (Phi) is 1.56. The number of hydrogen-bond donors (Lipinski definition) is 1. The van der Waals surface area contributed by atoms with Crippen LogP contribution in [0, 0.1) is 0 Å². The number of rotatable bonds is 1. The highest BCUT2D eigenvalue weighted by Crippen LogP contribution is 2.18. The van der Waals surface area contributed by atoms with E-state index in [1.54, 1.807) is 0 Å². The van der Waals surface area contributed by atoms with Crippen LogP contribution >= 0.6 is 0 Å². The predicted octanol–water partition coefficient (Wildman–Crippen LogP) is 1.26. The van der Waals surface area contributed by atoms with E-state index in [0.717, 1.165) is 18.9 Å². The lowest BCUT2D eigenvalue weighted by molar-refractivity contribution is 0.661. The van der Waals surface area contributed by atoms with Crippen LogP contribution in [0.5, 0.6) is 0 Å². The number of hydrogen-bond acceptors (Lipinski definition) is 2. The van der Waals surface area contributed by atoms with Gasteiger partial charge in [-0.05, 0) is 19.8 Å². The standard InChI is InChI=1S/C8H13N3/c1-2-11-6-7-4-3-5-9-8(7)10-11/h6H,2-5H2,1H3,(H,9,10). The molecular weight excluding hydrogens is 138 g/mol. The summed E-state index contributed by atoms with van der Waals surface area (Å²) in [5, 5.41) is 7.66. The van der Waals surface area contributed by atoms with Crippen molar-refractivity contribution in [3.63, 3.8) is 0 Å². The molecule has 0 saturated carbocycles. The highest BCUT2D eigenvalue weighted by Gasteiger charge is 2.11. The molecule has 2 rings (SSSR count). The van der Waals surface area contributed by atoms with Gasteiger partial charge in [0.05, 0.1) is 0 Å². The van der Waals surface area contributed by atoms with Crippen LogP contribution in [-0.4, -0.2) is 16.3 Å². The van der Waals surface area contributed by atoms with Gasteiger partial charge in [-0.25, -0.2) is 0 Å². The van der Waals surface area contributed by atoms with E-state index in [4.69, 9.17) is 0 Å². The molecule has 11 heavy (non-hydrogen) atoms. The van der Waals surface area contributed by atoms with Gasteiger partial charge in [-0.15, -0.1) is 0 Å². The van der Waals surface area contributed by atoms with Crippen LogP contribution in [0.25, 0.3) is 0 Å². The summed E-state index contributed by atoms with van der Waals surface area (Å²) in [4.78, 5) is 0. The SMILES string of the molecule is CCn1cc2c(n1)NCCC2. The molecule has 3 nitrogen and oxygen atoms in total. The molecule has 2 heterocycles. The molecule has 0 saturated heterocycles. The molecule has 0 radical (unpaired) electrons. The first-order valence-electron chi connectivity index (χ1n) is 4.20. The maximum atomic E-state index is 4.37. The molecule has 3 heteroatoms. The smallest absolute Gasteiger partial charge is 0.151 e. The minimum absolute atomic E-state index is 0.967. The maximum absolute atomic E-state index is 4.37. The van der Waals surface area contributed by atoms with Crippen molar-refractivity contribution in [3.05, 3.63) is 11.8 Å². The molecule has 1 N–H and O–H groups in total. The normalized spacial score (nSPS) is 15.7. The molecule has 0 aromatic carbocycles. The quantitative estimate of drug-likeness (QED) is 0.655. The summed E-state index contributed by atoms with van der Waals surface area (Å²) in [6, 6.07) is 0. The fraction of sp³-hybridized carbons (Fsp3) is 0.625. The van der Waals surface area contributed by atoms with Crippen LogP contribution in [-0.2, 0) is 13.0 Å². The third kappa shape index (κ3) is 1.11. The monoisotopic (exact) mass is 151 g/mol. The Labute approximate surface area is 66.4 Å². The number of fused-ring (bicyclic) bond motifs is 1. The van der Waals surface area contributed by atoms with Crippen LogP contribution in [0.4, 0.5) is 5.82 Å². The Hall–Kier alpha value is -0.990. The third-order valence-electron chi connectivity index (χ3n) is 2.08. The molecule has 0 fully saturated rings. The largest absolute Gasteiger partial charge is 0.368 e. The molecule has 60 valence electrons. The van der Waals surface area contributed by atoms with E-state index in [0.29, 0.717) is 0 Å². The zero-order valence-electron chi connectivity index (χ0n) is 6.80. The minimum Gasteiger partial charge on any atom is -0.368 e. The highest BCUT2D eigenvalue weighted by atomic mass is 15.3. The lowest BCUT2D eigenvalue weighted by atomic mass is 10.1. The fourth-order valence-corrected chi connectivity index (χ4v) is 1.44. The second kappa shape index (κ2) is 2.57. The van der Waals surface area contributed by atoms with Crippen molar-refractivity contribution in [1.82, 2.24) is 9.78 Å². The van der Waals surface area contributed by atoms with Gasteiger partial charge < -0.3 is 5.32 Å². The first kappa shape index (κ1) is 6.70. The summed E-state index contributed by atoms with van der Waals surface area (Å²) in [6.07, 6.45) is 4.56. The molecule has 1 aromatic heterocycles. The van der Waals surface area contributed by atoms with Crippen LogP contribution in [0.15, 0.2) is 6.20 Å². The van der Waals surface area contributed by atoms with Gasteiger partial charge in [0, 0.05) is 24.8 Å². The van der Waals surface area contributed by atoms with Crippen LogP contribution < -0.4 is 5.32 Å². The van der Waals surface area contributed by atoms with Gasteiger partial charge in [-0.1, -0.05) is 0 Å². The summed E-state index contributed by atoms with van der Waals surface area (Å²) in [6.45, 7) is 4.15. The second-order valence-corrected chi connectivity index (χ2v) is 2.89. The van der Waals surface area contributed by atoms with Crippen molar-refractivity contribution in [2.75, 3.05) is 11.9 Å². The topological polar surface area (TPSA) is 29.9 Å². The van der Waals surface area contributed by atoms with Gasteiger partial charge in [-0.2, -0.15) is 5.10 Å². The summed E-state index contributed by atoms with van der Waals surface area (Å²) in [5.74, 6) is 1.10. The average Bonchev–Trinajstić information content (AvgIpc) is 2.46. The summed E-state index contributed by atoms with van der Waals surface area (Å²) < 4.78 is 1.99. The van der Waals surface area contributed by atoms with E-state index in [1.165, 1.54) is 18.4 Å². The average molecular weight is 151 g/mol. The lowest BCUT2D eigenvalue weighted by Gasteiger charge is -2.10. The predicted molar refractivity (Wildman–Crippen MR) is 44.7 cm³/mol. The van der Waals surface area contributed by atoms with Gasteiger partial charge in [0.15, 0.2) is 5.82 Å². The van der Waals surface area contributed by atoms with Gasteiger partial charge in [-0.3, -0.25) is 4.68 Å². The molecule has 1 aliphatic heterocycles. The van der Waals surface area contributed by atoms with Gasteiger partial charge in [0.2, 0.25) is 0 Å². The molecule has 1 aromatic rings.